The van der Waals surface area contributed by atoms with E-state index in [0.717, 1.165) is 24.8 Å². The van der Waals surface area contributed by atoms with Crippen LogP contribution in [0.3, 0.4) is 0 Å². The molecule has 2 fully saturated rings. The van der Waals surface area contributed by atoms with E-state index in [1.165, 1.54) is 6.07 Å². The van der Waals surface area contributed by atoms with Gasteiger partial charge in [-0.2, -0.15) is 0 Å². The van der Waals surface area contributed by atoms with E-state index in [9.17, 15) is 14.4 Å². The Hall–Kier alpha value is -2.67. The Kier molecular flexibility index (Phi) is 4.46. The first-order valence-corrected chi connectivity index (χ1v) is 9.05. The summed E-state index contributed by atoms with van der Waals surface area (Å²) in [5.41, 5.74) is 0.809. The highest BCUT2D eigenvalue weighted by Gasteiger charge is 2.32. The fourth-order valence-electron chi connectivity index (χ4n) is 3.95. The highest BCUT2D eigenvalue weighted by atomic mass is 16.2. The number of rotatable bonds is 2. The van der Waals surface area contributed by atoms with Gasteiger partial charge < -0.3 is 20.1 Å². The van der Waals surface area contributed by atoms with Crippen LogP contribution >= 0.6 is 0 Å². The van der Waals surface area contributed by atoms with Gasteiger partial charge in [0.15, 0.2) is 0 Å². The highest BCUT2D eigenvalue weighted by molar-refractivity contribution is 6.06. The van der Waals surface area contributed by atoms with Crippen molar-refractivity contribution in [3.63, 3.8) is 0 Å². The van der Waals surface area contributed by atoms with E-state index < -0.39 is 0 Å². The molecule has 1 aromatic heterocycles. The number of hydrogen-bond donors (Lipinski definition) is 2. The van der Waals surface area contributed by atoms with Crippen molar-refractivity contribution in [2.24, 2.45) is 0 Å². The van der Waals surface area contributed by atoms with Gasteiger partial charge in [-0.15, -0.1) is 0 Å². The van der Waals surface area contributed by atoms with E-state index in [1.807, 2.05) is 23.1 Å². The number of piperazine rings is 1. The molecule has 3 heterocycles. The number of nitrogens with zero attached hydrogens (tertiary/aromatic N) is 2. The molecule has 2 aliphatic heterocycles. The first-order valence-electron chi connectivity index (χ1n) is 9.05. The van der Waals surface area contributed by atoms with Gasteiger partial charge in [0, 0.05) is 49.2 Å². The second-order valence-electron chi connectivity index (χ2n) is 6.90. The molecule has 4 rings (SSSR count). The molecule has 0 aliphatic carbocycles. The molecule has 2 aromatic rings. The molecule has 2 N–H and O–H groups in total. The van der Waals surface area contributed by atoms with Crippen molar-refractivity contribution in [2.75, 3.05) is 32.7 Å². The minimum Gasteiger partial charge on any atom is -0.337 e. The van der Waals surface area contributed by atoms with Gasteiger partial charge in [0.05, 0.1) is 12.1 Å². The molecule has 0 saturated carbocycles. The lowest BCUT2D eigenvalue weighted by molar-refractivity contribution is -0.135. The lowest BCUT2D eigenvalue weighted by atomic mass is 10.0. The maximum Gasteiger partial charge on any atom is 0.254 e. The largest absolute Gasteiger partial charge is 0.337 e. The number of H-pyrrole nitrogens is 1. The number of carbonyl (C=O) groups excluding carboxylic acids is 2. The number of pyridine rings is 1. The van der Waals surface area contributed by atoms with Crippen LogP contribution in [0.5, 0.6) is 0 Å². The van der Waals surface area contributed by atoms with Crippen molar-refractivity contribution in [1.29, 1.82) is 0 Å². The molecule has 1 aromatic carbocycles. The van der Waals surface area contributed by atoms with Crippen LogP contribution in [0.1, 0.15) is 23.2 Å². The molecule has 136 valence electrons. The smallest absolute Gasteiger partial charge is 0.254 e. The van der Waals surface area contributed by atoms with Gasteiger partial charge in [-0.25, -0.2) is 0 Å². The van der Waals surface area contributed by atoms with Crippen LogP contribution in [-0.2, 0) is 4.79 Å². The van der Waals surface area contributed by atoms with Gasteiger partial charge in [0.25, 0.3) is 5.91 Å². The van der Waals surface area contributed by atoms with Crippen LogP contribution in [0.25, 0.3) is 10.9 Å². The first kappa shape index (κ1) is 16.8. The average Bonchev–Trinajstić information content (AvgIpc) is 2.67. The Morgan fingerprint density at radius 2 is 2.00 bits per heavy atom. The zero-order chi connectivity index (χ0) is 18.1. The Balaban J connectivity index is 1.60. The number of para-hydroxylation sites is 1. The lowest BCUT2D eigenvalue weighted by Crippen LogP contribution is -2.57. The summed E-state index contributed by atoms with van der Waals surface area (Å²) in [6.45, 7) is 3.00. The number of piperidine rings is 1. The van der Waals surface area contributed by atoms with E-state index in [0.29, 0.717) is 37.3 Å². The topological polar surface area (TPSA) is 85.5 Å². The zero-order valence-electron chi connectivity index (χ0n) is 14.5. The summed E-state index contributed by atoms with van der Waals surface area (Å²) in [4.78, 5) is 43.7. The van der Waals surface area contributed by atoms with Crippen LogP contribution in [0, 0.1) is 0 Å². The summed E-state index contributed by atoms with van der Waals surface area (Å²) in [5, 5.41) is 3.83. The predicted octanol–water partition coefficient (Wildman–Crippen LogP) is 0.565. The van der Waals surface area contributed by atoms with Crippen molar-refractivity contribution in [1.82, 2.24) is 20.1 Å². The molecule has 1 atom stereocenters. The number of nitrogens with one attached hydrogen (secondary N) is 2. The molecular formula is C19H22N4O3. The van der Waals surface area contributed by atoms with E-state index >= 15 is 0 Å². The van der Waals surface area contributed by atoms with Crippen molar-refractivity contribution >= 4 is 22.7 Å². The molecule has 7 nitrogen and oxygen atoms in total. The summed E-state index contributed by atoms with van der Waals surface area (Å²) < 4.78 is 0. The van der Waals surface area contributed by atoms with E-state index in [2.05, 4.69) is 10.3 Å². The van der Waals surface area contributed by atoms with Gasteiger partial charge in [-0.1, -0.05) is 18.2 Å². The predicted molar refractivity (Wildman–Crippen MR) is 98.1 cm³/mol. The van der Waals surface area contributed by atoms with Crippen LogP contribution in [0.4, 0.5) is 0 Å². The first-order chi connectivity index (χ1) is 12.6. The summed E-state index contributed by atoms with van der Waals surface area (Å²) in [5.74, 6) is -0.0447. The molecule has 2 amide bonds. The summed E-state index contributed by atoms with van der Waals surface area (Å²) in [7, 11) is 0. The quantitative estimate of drug-likeness (QED) is 0.825. The number of amides is 2. The molecule has 7 heteroatoms. The lowest BCUT2D eigenvalue weighted by Gasteiger charge is -2.41. The fraction of sp³-hybridized carbons (Fsp3) is 0.421. The minimum atomic E-state index is -0.280. The molecule has 0 radical (unpaired) electrons. The van der Waals surface area contributed by atoms with Crippen LogP contribution in [-0.4, -0.2) is 65.4 Å². The van der Waals surface area contributed by atoms with Gasteiger partial charge in [-0.3, -0.25) is 14.4 Å². The monoisotopic (exact) mass is 354 g/mol. The summed E-state index contributed by atoms with van der Waals surface area (Å²) in [6.07, 6.45) is 1.76. The maximum absolute atomic E-state index is 13.1. The molecular weight excluding hydrogens is 332 g/mol. The van der Waals surface area contributed by atoms with Gasteiger partial charge in [-0.05, 0) is 18.9 Å². The van der Waals surface area contributed by atoms with Gasteiger partial charge >= 0.3 is 0 Å². The molecule has 2 aliphatic rings. The Morgan fingerprint density at radius 3 is 2.85 bits per heavy atom. The third kappa shape index (κ3) is 3.10. The maximum atomic E-state index is 13.1. The van der Waals surface area contributed by atoms with E-state index in [4.69, 9.17) is 0 Å². The van der Waals surface area contributed by atoms with Gasteiger partial charge in [0.1, 0.15) is 0 Å². The summed E-state index contributed by atoms with van der Waals surface area (Å²) >= 11 is 0. The third-order valence-corrected chi connectivity index (χ3v) is 5.23. The highest BCUT2D eigenvalue weighted by Crippen LogP contribution is 2.21. The van der Waals surface area contributed by atoms with Crippen LogP contribution < -0.4 is 10.9 Å². The number of carbonyl (C=O) groups is 2. The normalized spacial score (nSPS) is 21.2. The van der Waals surface area contributed by atoms with Crippen LogP contribution in [0.15, 0.2) is 35.1 Å². The standard InChI is InChI=1S/C19H22N4O3/c24-17-10-15(14-5-1-2-6-16(14)21-17)19(26)22-8-3-4-13(12-22)23-9-7-20-11-18(23)25/h1-2,5-6,10,13,20H,3-4,7-9,11-12H2,(H,21,24). The Morgan fingerprint density at radius 1 is 1.15 bits per heavy atom. The van der Waals surface area contributed by atoms with Gasteiger partial charge in [0.2, 0.25) is 11.5 Å². The second kappa shape index (κ2) is 6.92. The van der Waals surface area contributed by atoms with Crippen molar-refractivity contribution in [2.45, 2.75) is 18.9 Å². The van der Waals surface area contributed by atoms with E-state index in [1.54, 1.807) is 11.0 Å². The fourth-order valence-corrected chi connectivity index (χ4v) is 3.95. The number of likely N-dealkylation sites (tertiary alicyclic amines) is 1. The van der Waals surface area contributed by atoms with Crippen molar-refractivity contribution in [3.8, 4) is 0 Å². The molecule has 26 heavy (non-hydrogen) atoms. The zero-order valence-corrected chi connectivity index (χ0v) is 14.5. The number of benzene rings is 1. The minimum absolute atomic E-state index is 0.0514. The number of fused-ring (bicyclic) bond motifs is 1. The summed E-state index contributed by atoms with van der Waals surface area (Å²) in [6, 6.07) is 8.76. The average molecular weight is 354 g/mol. The number of aromatic amines is 1. The third-order valence-electron chi connectivity index (χ3n) is 5.23. The van der Waals surface area contributed by atoms with Crippen molar-refractivity contribution in [3.05, 3.63) is 46.2 Å². The Labute approximate surface area is 151 Å². The van der Waals surface area contributed by atoms with Crippen molar-refractivity contribution < 1.29 is 9.59 Å². The molecule has 0 spiro atoms. The van der Waals surface area contributed by atoms with Crippen LogP contribution in [0.2, 0.25) is 0 Å². The number of hydrogen-bond acceptors (Lipinski definition) is 4. The SMILES string of the molecule is O=C(c1cc(=O)[nH]c2ccccc12)N1CCCC(N2CCNCC2=O)C1. The van der Waals surface area contributed by atoms with E-state index in [-0.39, 0.29) is 23.4 Å². The second-order valence-corrected chi connectivity index (χ2v) is 6.90. The molecule has 2 saturated heterocycles. The molecule has 0 bridgehead atoms. The molecule has 1 unspecified atom stereocenters. The Bertz CT molecular complexity index is 907. The number of aromatic nitrogens is 1.